The highest BCUT2D eigenvalue weighted by molar-refractivity contribution is 5.58. The Bertz CT molecular complexity index is 889. The van der Waals surface area contributed by atoms with Crippen LogP contribution in [0.3, 0.4) is 0 Å². The van der Waals surface area contributed by atoms with Crippen LogP contribution >= 0.6 is 0 Å². The van der Waals surface area contributed by atoms with E-state index in [2.05, 4.69) is 20.9 Å². The number of nitrogens with zero attached hydrogens (tertiary/aromatic N) is 6. The van der Waals surface area contributed by atoms with Crippen molar-refractivity contribution in [3.05, 3.63) is 77.9 Å². The summed E-state index contributed by atoms with van der Waals surface area (Å²) >= 11 is 0. The normalized spacial score (nSPS) is 10.2. The van der Waals surface area contributed by atoms with Gasteiger partial charge >= 0.3 is 0 Å². The van der Waals surface area contributed by atoms with Crippen molar-refractivity contribution in [1.29, 1.82) is 5.26 Å². The van der Waals surface area contributed by atoms with E-state index in [0.29, 0.717) is 17.9 Å². The van der Waals surface area contributed by atoms with Crippen molar-refractivity contribution in [1.82, 2.24) is 15.0 Å². The molecule has 130 valence electrons. The van der Waals surface area contributed by atoms with Crippen LogP contribution in [0.15, 0.2) is 61.2 Å². The Kier molecular flexibility index (Phi) is 5.40. The summed E-state index contributed by atoms with van der Waals surface area (Å²) < 4.78 is 0. The van der Waals surface area contributed by atoms with Crippen molar-refractivity contribution in [2.24, 2.45) is 0 Å². The number of aromatic nitrogens is 3. The summed E-state index contributed by atoms with van der Waals surface area (Å²) in [5.41, 5.74) is 2.83. The number of hydrogen-bond donors (Lipinski definition) is 0. The van der Waals surface area contributed by atoms with E-state index >= 15 is 0 Å². The van der Waals surface area contributed by atoms with Gasteiger partial charge in [0.1, 0.15) is 17.7 Å². The molecule has 0 bridgehead atoms. The van der Waals surface area contributed by atoms with Crippen LogP contribution in [-0.2, 0) is 13.1 Å². The zero-order chi connectivity index (χ0) is 18.4. The fourth-order valence-corrected chi connectivity index (χ4v) is 2.71. The lowest BCUT2D eigenvalue weighted by Gasteiger charge is -2.23. The number of pyridine rings is 3. The van der Waals surface area contributed by atoms with Crippen LogP contribution in [0.1, 0.15) is 16.7 Å². The SMILES string of the molecule is CN(Cc1ccncc1)c1ccc(C#N)c(N(C)Cc2ccncc2)n1. The van der Waals surface area contributed by atoms with Gasteiger partial charge in [-0.05, 0) is 47.5 Å². The highest BCUT2D eigenvalue weighted by Gasteiger charge is 2.13. The van der Waals surface area contributed by atoms with E-state index in [1.54, 1.807) is 24.8 Å². The minimum absolute atomic E-state index is 0.558. The molecule has 6 heteroatoms. The van der Waals surface area contributed by atoms with Gasteiger partial charge in [0.2, 0.25) is 0 Å². The molecular weight excluding hydrogens is 324 g/mol. The first-order chi connectivity index (χ1) is 12.7. The Hall–Kier alpha value is -3.46. The fraction of sp³-hybridized carbons (Fsp3) is 0.200. The number of hydrogen-bond acceptors (Lipinski definition) is 6. The van der Waals surface area contributed by atoms with Crippen LogP contribution in [0.5, 0.6) is 0 Å². The fourth-order valence-electron chi connectivity index (χ4n) is 2.71. The lowest BCUT2D eigenvalue weighted by atomic mass is 10.2. The number of anilines is 2. The second kappa shape index (κ2) is 8.08. The third-order valence-corrected chi connectivity index (χ3v) is 4.07. The molecule has 3 heterocycles. The van der Waals surface area contributed by atoms with Crippen LogP contribution in [-0.4, -0.2) is 29.0 Å². The molecule has 0 saturated carbocycles. The van der Waals surface area contributed by atoms with Gasteiger partial charge in [-0.2, -0.15) is 5.26 Å². The predicted molar refractivity (Wildman–Crippen MR) is 102 cm³/mol. The van der Waals surface area contributed by atoms with Crippen molar-refractivity contribution in [3.63, 3.8) is 0 Å². The lowest BCUT2D eigenvalue weighted by molar-refractivity contribution is 0.862. The second-order valence-electron chi connectivity index (χ2n) is 6.08. The Morgan fingerprint density at radius 2 is 1.35 bits per heavy atom. The molecular formula is C20H20N6. The van der Waals surface area contributed by atoms with Gasteiger partial charge in [-0.15, -0.1) is 0 Å². The molecule has 0 radical (unpaired) electrons. The van der Waals surface area contributed by atoms with E-state index in [4.69, 9.17) is 4.98 Å². The van der Waals surface area contributed by atoms with E-state index in [9.17, 15) is 5.26 Å². The summed E-state index contributed by atoms with van der Waals surface area (Å²) in [6, 6.07) is 13.8. The topological polar surface area (TPSA) is 68.9 Å². The molecule has 0 aliphatic carbocycles. The molecule has 3 aromatic rings. The first-order valence-corrected chi connectivity index (χ1v) is 8.28. The third kappa shape index (κ3) is 4.14. The molecule has 0 amide bonds. The van der Waals surface area contributed by atoms with Crippen LogP contribution in [0.2, 0.25) is 0 Å². The molecule has 0 aliphatic heterocycles. The van der Waals surface area contributed by atoms with E-state index < -0.39 is 0 Å². The average Bonchev–Trinajstić information content (AvgIpc) is 2.69. The lowest BCUT2D eigenvalue weighted by Crippen LogP contribution is -2.22. The molecule has 3 aromatic heterocycles. The molecule has 0 atom stereocenters. The highest BCUT2D eigenvalue weighted by atomic mass is 15.2. The first kappa shape index (κ1) is 17.4. The summed E-state index contributed by atoms with van der Waals surface area (Å²) in [4.78, 5) is 16.9. The van der Waals surface area contributed by atoms with Crippen molar-refractivity contribution in [2.75, 3.05) is 23.9 Å². The van der Waals surface area contributed by atoms with E-state index in [-0.39, 0.29) is 0 Å². The summed E-state index contributed by atoms with van der Waals surface area (Å²) in [6.45, 7) is 1.37. The number of nitriles is 1. The smallest absolute Gasteiger partial charge is 0.149 e. The molecule has 0 spiro atoms. The minimum Gasteiger partial charge on any atom is -0.355 e. The van der Waals surface area contributed by atoms with Crippen LogP contribution < -0.4 is 9.80 Å². The van der Waals surface area contributed by atoms with Crippen LogP contribution in [0.25, 0.3) is 0 Å². The monoisotopic (exact) mass is 344 g/mol. The maximum atomic E-state index is 9.45. The molecule has 0 aliphatic rings. The zero-order valence-corrected chi connectivity index (χ0v) is 14.9. The van der Waals surface area contributed by atoms with Crippen molar-refractivity contribution in [2.45, 2.75) is 13.1 Å². The summed E-state index contributed by atoms with van der Waals surface area (Å²) in [7, 11) is 3.93. The van der Waals surface area contributed by atoms with E-state index in [1.165, 1.54) is 0 Å². The molecule has 3 rings (SSSR count). The van der Waals surface area contributed by atoms with Crippen molar-refractivity contribution in [3.8, 4) is 6.07 Å². The molecule has 0 unspecified atom stereocenters. The Morgan fingerprint density at radius 3 is 1.88 bits per heavy atom. The Labute approximate surface area is 153 Å². The summed E-state index contributed by atoms with van der Waals surface area (Å²) in [5, 5.41) is 9.45. The van der Waals surface area contributed by atoms with E-state index in [0.717, 1.165) is 23.5 Å². The zero-order valence-electron chi connectivity index (χ0n) is 14.9. The largest absolute Gasteiger partial charge is 0.355 e. The molecule has 0 fully saturated rings. The van der Waals surface area contributed by atoms with Crippen LogP contribution in [0, 0.1) is 11.3 Å². The van der Waals surface area contributed by atoms with Gasteiger partial charge in [-0.1, -0.05) is 0 Å². The van der Waals surface area contributed by atoms with Gasteiger partial charge in [0.25, 0.3) is 0 Å². The molecule has 0 aromatic carbocycles. The third-order valence-electron chi connectivity index (χ3n) is 4.07. The number of rotatable bonds is 6. The minimum atomic E-state index is 0.558. The van der Waals surface area contributed by atoms with Gasteiger partial charge in [-0.3, -0.25) is 9.97 Å². The predicted octanol–water partition coefficient (Wildman–Crippen LogP) is 3.02. The Balaban J connectivity index is 1.83. The highest BCUT2D eigenvalue weighted by Crippen LogP contribution is 2.23. The maximum absolute atomic E-state index is 9.45. The second-order valence-corrected chi connectivity index (χ2v) is 6.08. The van der Waals surface area contributed by atoms with Gasteiger partial charge in [0.05, 0.1) is 5.56 Å². The first-order valence-electron chi connectivity index (χ1n) is 8.28. The van der Waals surface area contributed by atoms with Gasteiger partial charge in [0.15, 0.2) is 0 Å². The standard InChI is InChI=1S/C20H20N6/c1-25(14-16-5-9-22-10-6-16)19-4-3-18(13-21)20(24-19)26(2)15-17-7-11-23-12-8-17/h3-12H,14-15H2,1-2H3. The average molecular weight is 344 g/mol. The maximum Gasteiger partial charge on any atom is 0.149 e. The quantitative estimate of drug-likeness (QED) is 0.685. The Morgan fingerprint density at radius 1 is 0.808 bits per heavy atom. The van der Waals surface area contributed by atoms with Crippen molar-refractivity contribution >= 4 is 11.6 Å². The van der Waals surface area contributed by atoms with Gasteiger partial charge in [-0.25, -0.2) is 4.98 Å². The summed E-state index contributed by atoms with van der Waals surface area (Å²) in [6.07, 6.45) is 7.09. The molecule has 6 nitrogen and oxygen atoms in total. The molecule has 0 N–H and O–H groups in total. The van der Waals surface area contributed by atoms with Crippen LogP contribution in [0.4, 0.5) is 11.6 Å². The van der Waals surface area contributed by atoms with Gasteiger partial charge in [0, 0.05) is 52.0 Å². The van der Waals surface area contributed by atoms with E-state index in [1.807, 2.05) is 55.4 Å². The molecule has 26 heavy (non-hydrogen) atoms. The van der Waals surface area contributed by atoms with Gasteiger partial charge < -0.3 is 9.80 Å². The summed E-state index contributed by atoms with van der Waals surface area (Å²) in [5.74, 6) is 1.49. The van der Waals surface area contributed by atoms with Crippen molar-refractivity contribution < 1.29 is 0 Å². The molecule has 0 saturated heterocycles.